The zero-order valence-corrected chi connectivity index (χ0v) is 12.5. The van der Waals surface area contributed by atoms with Crippen LogP contribution in [-0.4, -0.2) is 43.9 Å². The molecule has 114 valence electrons. The lowest BCUT2D eigenvalue weighted by atomic mass is 10.2. The van der Waals surface area contributed by atoms with Gasteiger partial charge in [-0.3, -0.25) is 9.69 Å². The fraction of sp³-hybridized carbons (Fsp3) is 0.278. The highest BCUT2D eigenvalue weighted by atomic mass is 16.4. The molecular weight excluding hydrogens is 276 g/mol. The third-order valence-corrected chi connectivity index (χ3v) is 3.89. The molecule has 0 N–H and O–H groups in total. The minimum Gasteiger partial charge on any atom is -0.438 e. The highest BCUT2D eigenvalue weighted by molar-refractivity contribution is 5.71. The fourth-order valence-electron chi connectivity index (χ4n) is 2.63. The molecule has 0 spiro atoms. The van der Waals surface area contributed by atoms with E-state index in [2.05, 4.69) is 46.2 Å². The van der Waals surface area contributed by atoms with Crippen LogP contribution in [0.25, 0.3) is 6.08 Å². The lowest BCUT2D eigenvalue weighted by Gasteiger charge is -2.33. The molecule has 2 aromatic rings. The summed E-state index contributed by atoms with van der Waals surface area (Å²) in [5.41, 5.74) is 1.23. The molecule has 4 heteroatoms. The molecule has 0 atom stereocenters. The Kier molecular flexibility index (Phi) is 4.71. The van der Waals surface area contributed by atoms with Gasteiger partial charge in [0.05, 0.1) is 0 Å². The molecule has 3 rings (SSSR count). The maximum Gasteiger partial charge on any atom is 0.196 e. The average molecular weight is 296 g/mol. The van der Waals surface area contributed by atoms with E-state index in [0.29, 0.717) is 5.76 Å². The van der Waals surface area contributed by atoms with Crippen LogP contribution in [0.2, 0.25) is 0 Å². The number of anilines is 1. The van der Waals surface area contributed by atoms with E-state index in [-0.39, 0.29) is 0 Å². The first-order valence-corrected chi connectivity index (χ1v) is 7.59. The Hall–Kier alpha value is -2.33. The van der Waals surface area contributed by atoms with E-state index >= 15 is 0 Å². The molecule has 22 heavy (non-hydrogen) atoms. The monoisotopic (exact) mass is 296 g/mol. The van der Waals surface area contributed by atoms with E-state index in [1.807, 2.05) is 12.1 Å². The molecule has 1 fully saturated rings. The molecule has 4 nitrogen and oxygen atoms in total. The van der Waals surface area contributed by atoms with Crippen LogP contribution in [0.1, 0.15) is 16.1 Å². The van der Waals surface area contributed by atoms with Gasteiger partial charge >= 0.3 is 0 Å². The Morgan fingerprint density at radius 2 is 1.77 bits per heavy atom. The number of benzene rings is 1. The number of piperazine rings is 1. The molecule has 2 heterocycles. The first-order chi connectivity index (χ1) is 10.8. The third-order valence-electron chi connectivity index (χ3n) is 3.89. The Morgan fingerprint density at radius 1 is 1.00 bits per heavy atom. The fourth-order valence-corrected chi connectivity index (χ4v) is 2.63. The molecule has 0 radical (unpaired) electrons. The summed E-state index contributed by atoms with van der Waals surface area (Å²) >= 11 is 0. The van der Waals surface area contributed by atoms with Gasteiger partial charge in [0.2, 0.25) is 0 Å². The van der Waals surface area contributed by atoms with Crippen molar-refractivity contribution in [1.82, 2.24) is 4.90 Å². The molecule has 0 unspecified atom stereocenters. The van der Waals surface area contributed by atoms with Gasteiger partial charge in [-0.1, -0.05) is 42.5 Å². The van der Waals surface area contributed by atoms with Crippen molar-refractivity contribution >= 4 is 18.2 Å². The molecule has 1 aromatic carbocycles. The summed E-state index contributed by atoms with van der Waals surface area (Å²) in [5.74, 6) is 1.19. The van der Waals surface area contributed by atoms with Crippen LogP contribution in [0.4, 0.5) is 5.88 Å². The van der Waals surface area contributed by atoms with Gasteiger partial charge in [0.15, 0.2) is 17.9 Å². The first-order valence-electron chi connectivity index (χ1n) is 7.59. The van der Waals surface area contributed by atoms with Crippen LogP contribution in [0.15, 0.2) is 53.0 Å². The van der Waals surface area contributed by atoms with E-state index < -0.39 is 0 Å². The van der Waals surface area contributed by atoms with Crippen LogP contribution in [0, 0.1) is 0 Å². The van der Waals surface area contributed by atoms with Crippen molar-refractivity contribution in [3.63, 3.8) is 0 Å². The third kappa shape index (κ3) is 3.65. The first kappa shape index (κ1) is 14.6. The normalized spacial score (nSPS) is 16.3. The van der Waals surface area contributed by atoms with Gasteiger partial charge in [-0.15, -0.1) is 0 Å². The molecule has 0 bridgehead atoms. The summed E-state index contributed by atoms with van der Waals surface area (Å²) in [6.45, 7) is 4.79. The smallest absolute Gasteiger partial charge is 0.196 e. The number of carbonyl (C=O) groups is 1. The molecule has 1 saturated heterocycles. The topological polar surface area (TPSA) is 36.7 Å². The number of hydrogen-bond acceptors (Lipinski definition) is 4. The van der Waals surface area contributed by atoms with Crippen molar-refractivity contribution in [3.8, 4) is 0 Å². The van der Waals surface area contributed by atoms with Gasteiger partial charge < -0.3 is 9.32 Å². The summed E-state index contributed by atoms with van der Waals surface area (Å²) in [5, 5.41) is 0. The summed E-state index contributed by atoms with van der Waals surface area (Å²) in [6, 6.07) is 13.9. The quantitative estimate of drug-likeness (QED) is 0.795. The largest absolute Gasteiger partial charge is 0.438 e. The Labute approximate surface area is 130 Å². The molecular formula is C18H20N2O2. The maximum absolute atomic E-state index is 10.7. The second kappa shape index (κ2) is 7.09. The highest BCUT2D eigenvalue weighted by Crippen LogP contribution is 2.19. The van der Waals surface area contributed by atoms with Crippen LogP contribution in [0.3, 0.4) is 0 Å². The summed E-state index contributed by atoms with van der Waals surface area (Å²) in [7, 11) is 0. The van der Waals surface area contributed by atoms with Gasteiger partial charge in [0.1, 0.15) is 0 Å². The summed E-state index contributed by atoms with van der Waals surface area (Å²) < 4.78 is 5.47. The molecule has 1 aliphatic rings. The van der Waals surface area contributed by atoms with Gasteiger partial charge in [-0.25, -0.2) is 0 Å². The van der Waals surface area contributed by atoms with Crippen molar-refractivity contribution in [1.29, 1.82) is 0 Å². The van der Waals surface area contributed by atoms with Gasteiger partial charge in [-0.2, -0.15) is 0 Å². The Bertz CT molecular complexity index is 626. The molecule has 0 aliphatic carbocycles. The predicted octanol–water partition coefficient (Wildman–Crippen LogP) is 2.93. The van der Waals surface area contributed by atoms with Gasteiger partial charge in [0.25, 0.3) is 0 Å². The van der Waals surface area contributed by atoms with Crippen molar-refractivity contribution in [2.75, 3.05) is 37.6 Å². The standard InChI is InChI=1S/C18H20N2O2/c21-15-17-8-9-18(22-17)20-13-11-19(12-14-20)10-4-7-16-5-2-1-3-6-16/h1-9,15H,10-14H2/b7-4+. The molecule has 1 aliphatic heterocycles. The van der Waals surface area contributed by atoms with E-state index in [0.717, 1.165) is 44.9 Å². The van der Waals surface area contributed by atoms with Crippen LogP contribution < -0.4 is 4.90 Å². The van der Waals surface area contributed by atoms with Crippen molar-refractivity contribution in [2.45, 2.75) is 0 Å². The SMILES string of the molecule is O=Cc1ccc(N2CCN(C/C=C/c3ccccc3)CC2)o1. The van der Waals surface area contributed by atoms with Crippen molar-refractivity contribution in [2.24, 2.45) is 0 Å². The van der Waals surface area contributed by atoms with E-state index in [1.54, 1.807) is 6.07 Å². The molecule has 1 aromatic heterocycles. The number of aldehydes is 1. The number of rotatable bonds is 5. The zero-order chi connectivity index (χ0) is 15.2. The number of hydrogen-bond donors (Lipinski definition) is 0. The second-order valence-corrected chi connectivity index (χ2v) is 5.39. The van der Waals surface area contributed by atoms with E-state index in [4.69, 9.17) is 4.42 Å². The van der Waals surface area contributed by atoms with Crippen LogP contribution >= 0.6 is 0 Å². The summed E-state index contributed by atoms with van der Waals surface area (Å²) in [4.78, 5) is 15.3. The minimum absolute atomic E-state index is 0.392. The number of carbonyl (C=O) groups excluding carboxylic acids is 1. The van der Waals surface area contributed by atoms with E-state index in [1.165, 1.54) is 5.56 Å². The summed E-state index contributed by atoms with van der Waals surface area (Å²) in [6.07, 6.45) is 5.12. The number of nitrogens with zero attached hydrogens (tertiary/aromatic N) is 2. The maximum atomic E-state index is 10.7. The number of furan rings is 1. The Balaban J connectivity index is 1.47. The molecule has 0 saturated carbocycles. The average Bonchev–Trinajstić information content (AvgIpc) is 3.06. The van der Waals surface area contributed by atoms with Crippen LogP contribution in [-0.2, 0) is 0 Å². The predicted molar refractivity (Wildman–Crippen MR) is 88.2 cm³/mol. The van der Waals surface area contributed by atoms with E-state index in [9.17, 15) is 4.79 Å². The van der Waals surface area contributed by atoms with Gasteiger partial charge in [-0.05, 0) is 11.6 Å². The Morgan fingerprint density at radius 3 is 2.45 bits per heavy atom. The van der Waals surface area contributed by atoms with Crippen molar-refractivity contribution < 1.29 is 9.21 Å². The zero-order valence-electron chi connectivity index (χ0n) is 12.5. The highest BCUT2D eigenvalue weighted by Gasteiger charge is 2.18. The second-order valence-electron chi connectivity index (χ2n) is 5.39. The lowest BCUT2D eigenvalue weighted by Crippen LogP contribution is -2.46. The lowest BCUT2D eigenvalue weighted by molar-refractivity contribution is 0.110. The molecule has 0 amide bonds. The van der Waals surface area contributed by atoms with Crippen molar-refractivity contribution in [3.05, 3.63) is 59.9 Å². The minimum atomic E-state index is 0.392. The van der Waals surface area contributed by atoms with Gasteiger partial charge in [0, 0.05) is 38.8 Å². The van der Waals surface area contributed by atoms with Crippen LogP contribution in [0.5, 0.6) is 0 Å².